The SMILES string of the molecule is C.C.COC(=O)CC(=O)OC.COC(=O)c1cc(C(=O)OC)c(C(=O)OC)cc1C(=O)OC.COC(=O)c1ccc(C(=O)OC)cc1.Cc1ccc(C)cc1. The first-order valence-electron chi connectivity index (χ1n) is 15.0. The molecule has 0 amide bonds. The Balaban J connectivity index is -0.000000703. The van der Waals surface area contributed by atoms with E-state index in [-0.39, 0.29) is 43.5 Å². The van der Waals surface area contributed by atoms with Gasteiger partial charge in [0.25, 0.3) is 0 Å². The summed E-state index contributed by atoms with van der Waals surface area (Å²) in [5.74, 6) is -5.51. The Kier molecular flexibility index (Phi) is 26.9. The highest BCUT2D eigenvalue weighted by atomic mass is 16.6. The Morgan fingerprint density at radius 2 is 0.582 bits per heavy atom. The number of rotatable bonds is 8. The van der Waals surface area contributed by atoms with Crippen molar-refractivity contribution in [2.24, 2.45) is 0 Å². The van der Waals surface area contributed by atoms with Gasteiger partial charge in [0.2, 0.25) is 0 Å². The van der Waals surface area contributed by atoms with Crippen LogP contribution in [-0.2, 0) is 47.5 Å². The molecule has 0 saturated carbocycles. The van der Waals surface area contributed by atoms with Crippen LogP contribution in [0.2, 0.25) is 0 Å². The van der Waals surface area contributed by atoms with Gasteiger partial charge in [-0.3, -0.25) is 9.59 Å². The fourth-order valence-corrected chi connectivity index (χ4v) is 3.59. The lowest BCUT2D eigenvalue weighted by Gasteiger charge is -2.12. The summed E-state index contributed by atoms with van der Waals surface area (Å²) in [4.78, 5) is 89.6. The molecule has 0 saturated heterocycles. The minimum absolute atomic E-state index is 0. The van der Waals surface area contributed by atoms with Gasteiger partial charge in [-0.25, -0.2) is 28.8 Å². The average Bonchev–Trinajstić information content (AvgIpc) is 3.20. The first-order valence-corrected chi connectivity index (χ1v) is 15.0. The van der Waals surface area contributed by atoms with Crippen LogP contribution >= 0.6 is 0 Å². The number of hydrogen-bond acceptors (Lipinski definition) is 16. The van der Waals surface area contributed by atoms with E-state index in [0.717, 1.165) is 40.6 Å². The Morgan fingerprint density at radius 1 is 0.364 bits per heavy atom. The van der Waals surface area contributed by atoms with Crippen molar-refractivity contribution in [3.05, 3.63) is 105 Å². The van der Waals surface area contributed by atoms with Crippen LogP contribution in [0, 0.1) is 13.8 Å². The maximum atomic E-state index is 11.8. The van der Waals surface area contributed by atoms with Crippen molar-refractivity contribution in [3.63, 3.8) is 0 Å². The molecular weight excluding hydrogens is 724 g/mol. The first kappa shape index (κ1) is 52.8. The lowest BCUT2D eigenvalue weighted by atomic mass is 9.98. The number of carbonyl (C=O) groups excluding carboxylic acids is 8. The normalized spacial score (nSPS) is 8.91. The van der Waals surface area contributed by atoms with E-state index in [2.05, 4.69) is 76.0 Å². The van der Waals surface area contributed by atoms with Crippen molar-refractivity contribution in [2.75, 3.05) is 56.9 Å². The fourth-order valence-electron chi connectivity index (χ4n) is 3.59. The summed E-state index contributed by atoms with van der Waals surface area (Å²) >= 11 is 0. The second kappa shape index (κ2) is 28.0. The van der Waals surface area contributed by atoms with Gasteiger partial charge in [0.1, 0.15) is 6.42 Å². The lowest BCUT2D eigenvalue weighted by Crippen LogP contribution is -2.18. The molecule has 0 aliphatic carbocycles. The molecule has 0 aromatic heterocycles. The van der Waals surface area contributed by atoms with Crippen LogP contribution in [0.25, 0.3) is 0 Å². The molecule has 3 rings (SSSR count). The number of ether oxygens (including phenoxy) is 8. The average molecular weight is 775 g/mol. The standard InChI is InChI=1S/C14H14O8.C10H10O4.C8H10.C5H8O4.2CH4/c1-19-11(15)7-5-9(13(17)21-3)10(14(18)22-4)6-8(7)12(16)20-2;1-13-9(11)7-3-5-8(6-4-7)10(12)14-2;1-7-3-5-8(2)6-4-7;1-8-4(6)3-5(7)9-2;;/h5-6H,1-4H3;3-6H,1-2H3;3-6H,1-2H3;3H2,1-2H3;2*1H4. The molecular formula is C39H50O16. The molecule has 0 aliphatic heterocycles. The third-order valence-electron chi connectivity index (χ3n) is 6.47. The van der Waals surface area contributed by atoms with Crippen LogP contribution in [-0.4, -0.2) is 105 Å². The van der Waals surface area contributed by atoms with Crippen molar-refractivity contribution in [3.8, 4) is 0 Å². The molecule has 3 aromatic carbocycles. The number of methoxy groups -OCH3 is 8. The molecule has 0 heterocycles. The van der Waals surface area contributed by atoms with Crippen LogP contribution in [0.5, 0.6) is 0 Å². The highest BCUT2D eigenvalue weighted by Gasteiger charge is 2.27. The summed E-state index contributed by atoms with van der Waals surface area (Å²) in [6.45, 7) is 4.19. The van der Waals surface area contributed by atoms with Gasteiger partial charge in [-0.15, -0.1) is 0 Å². The monoisotopic (exact) mass is 774 g/mol. The Hall–Kier alpha value is -6.58. The van der Waals surface area contributed by atoms with Crippen LogP contribution in [0.15, 0.2) is 60.7 Å². The number of carbonyl (C=O) groups is 8. The molecule has 0 unspecified atom stereocenters. The predicted molar refractivity (Wildman–Crippen MR) is 199 cm³/mol. The van der Waals surface area contributed by atoms with E-state index < -0.39 is 47.8 Å². The van der Waals surface area contributed by atoms with Gasteiger partial charge in [0.05, 0.1) is 90.3 Å². The molecule has 0 atom stereocenters. The fraction of sp³-hybridized carbons (Fsp3) is 0.333. The number of esters is 8. The van der Waals surface area contributed by atoms with E-state index in [4.69, 9.17) is 0 Å². The largest absolute Gasteiger partial charge is 0.469 e. The summed E-state index contributed by atoms with van der Waals surface area (Å²) in [6, 6.07) is 16.6. The molecule has 55 heavy (non-hydrogen) atoms. The van der Waals surface area contributed by atoms with Crippen LogP contribution < -0.4 is 0 Å². The minimum atomic E-state index is -0.873. The van der Waals surface area contributed by atoms with Gasteiger partial charge in [-0.05, 0) is 50.2 Å². The zero-order valence-electron chi connectivity index (χ0n) is 31.0. The molecule has 3 aromatic rings. The van der Waals surface area contributed by atoms with Gasteiger partial charge in [0, 0.05) is 0 Å². The molecule has 0 radical (unpaired) electrons. The number of aryl methyl sites for hydroxylation is 2. The van der Waals surface area contributed by atoms with Gasteiger partial charge in [0.15, 0.2) is 0 Å². The maximum Gasteiger partial charge on any atom is 0.338 e. The van der Waals surface area contributed by atoms with Crippen molar-refractivity contribution in [1.29, 1.82) is 0 Å². The summed E-state index contributed by atoms with van der Waals surface area (Å²) in [5, 5.41) is 0. The van der Waals surface area contributed by atoms with E-state index >= 15 is 0 Å². The summed E-state index contributed by atoms with van der Waals surface area (Å²) in [7, 11) is 9.46. The highest BCUT2D eigenvalue weighted by molar-refractivity contribution is 6.10. The zero-order valence-corrected chi connectivity index (χ0v) is 31.0. The van der Waals surface area contributed by atoms with Crippen LogP contribution in [0.4, 0.5) is 0 Å². The van der Waals surface area contributed by atoms with E-state index in [0.29, 0.717) is 11.1 Å². The topological polar surface area (TPSA) is 210 Å². The van der Waals surface area contributed by atoms with E-state index in [9.17, 15) is 38.4 Å². The molecule has 302 valence electrons. The first-order chi connectivity index (χ1) is 25.1. The second-order valence-electron chi connectivity index (χ2n) is 9.95. The minimum Gasteiger partial charge on any atom is -0.469 e. The lowest BCUT2D eigenvalue weighted by molar-refractivity contribution is -0.151. The smallest absolute Gasteiger partial charge is 0.338 e. The van der Waals surface area contributed by atoms with E-state index in [1.807, 2.05) is 0 Å². The predicted octanol–water partition coefficient (Wildman–Crippen LogP) is 5.39. The summed E-state index contributed by atoms with van der Waals surface area (Å²) < 4.78 is 35.6. The van der Waals surface area contributed by atoms with Crippen molar-refractivity contribution in [2.45, 2.75) is 35.1 Å². The van der Waals surface area contributed by atoms with Crippen molar-refractivity contribution in [1.82, 2.24) is 0 Å². The van der Waals surface area contributed by atoms with Crippen molar-refractivity contribution >= 4 is 47.8 Å². The van der Waals surface area contributed by atoms with Crippen LogP contribution in [0.1, 0.15) is 94.5 Å². The Labute approximate surface area is 320 Å². The number of hydrogen-bond donors (Lipinski definition) is 0. The second-order valence-corrected chi connectivity index (χ2v) is 9.95. The Morgan fingerprint density at radius 3 is 0.764 bits per heavy atom. The van der Waals surface area contributed by atoms with Gasteiger partial charge in [-0.2, -0.15) is 0 Å². The third kappa shape index (κ3) is 18.1. The quantitative estimate of drug-likeness (QED) is 0.159. The van der Waals surface area contributed by atoms with Gasteiger partial charge in [-0.1, -0.05) is 50.2 Å². The van der Waals surface area contributed by atoms with Crippen LogP contribution in [0.3, 0.4) is 0 Å². The highest BCUT2D eigenvalue weighted by Crippen LogP contribution is 2.21. The summed E-state index contributed by atoms with van der Waals surface area (Å²) in [6.07, 6.45) is -0.312. The van der Waals surface area contributed by atoms with Gasteiger partial charge >= 0.3 is 47.8 Å². The summed E-state index contributed by atoms with van der Waals surface area (Å²) in [5.41, 5.74) is 2.53. The van der Waals surface area contributed by atoms with Gasteiger partial charge < -0.3 is 37.9 Å². The van der Waals surface area contributed by atoms with E-state index in [1.165, 1.54) is 63.8 Å². The number of benzene rings is 3. The third-order valence-corrected chi connectivity index (χ3v) is 6.47. The molecule has 0 N–H and O–H groups in total. The molecule has 0 spiro atoms. The molecule has 0 aliphatic rings. The van der Waals surface area contributed by atoms with E-state index in [1.54, 1.807) is 0 Å². The molecule has 0 bridgehead atoms. The molecule has 16 nitrogen and oxygen atoms in total. The van der Waals surface area contributed by atoms with Crippen molar-refractivity contribution < 1.29 is 76.3 Å². The molecule has 0 fully saturated rings. The Bertz CT molecular complexity index is 1550. The molecule has 16 heteroatoms. The maximum absolute atomic E-state index is 11.8. The zero-order chi connectivity index (χ0) is 40.7.